The first-order valence-corrected chi connectivity index (χ1v) is 6.45. The Morgan fingerprint density at radius 3 is 2.47 bits per heavy atom. The van der Waals surface area contributed by atoms with Crippen LogP contribution in [0.5, 0.6) is 0 Å². The van der Waals surface area contributed by atoms with E-state index in [1.165, 1.54) is 4.90 Å². The summed E-state index contributed by atoms with van der Waals surface area (Å²) >= 11 is 0. The van der Waals surface area contributed by atoms with Gasteiger partial charge in [0.25, 0.3) is 0 Å². The summed E-state index contributed by atoms with van der Waals surface area (Å²) in [4.78, 5) is 26.8. The molecule has 2 atom stereocenters. The Hall–Kier alpha value is -1.26. The molecule has 2 aliphatic rings. The van der Waals surface area contributed by atoms with Crippen molar-refractivity contribution in [1.82, 2.24) is 9.80 Å². The minimum absolute atomic E-state index is 0.0701. The van der Waals surface area contributed by atoms with Gasteiger partial charge in [0.05, 0.1) is 0 Å². The van der Waals surface area contributed by atoms with Crippen LogP contribution in [0, 0.1) is 0 Å². The van der Waals surface area contributed by atoms with Crippen molar-refractivity contribution in [3.8, 4) is 0 Å². The van der Waals surface area contributed by atoms with E-state index in [0.29, 0.717) is 19.0 Å². The Morgan fingerprint density at radius 2 is 1.82 bits per heavy atom. The Bertz CT molecular complexity index is 319. The van der Waals surface area contributed by atoms with E-state index in [-0.39, 0.29) is 6.03 Å². The van der Waals surface area contributed by atoms with Crippen molar-refractivity contribution in [3.05, 3.63) is 0 Å². The van der Waals surface area contributed by atoms with Gasteiger partial charge in [0.15, 0.2) is 0 Å². The molecule has 2 amide bonds. The molecule has 96 valence electrons. The van der Waals surface area contributed by atoms with Crippen molar-refractivity contribution in [2.45, 2.75) is 51.1 Å². The van der Waals surface area contributed by atoms with Gasteiger partial charge in [-0.05, 0) is 32.1 Å². The Balaban J connectivity index is 2.06. The highest BCUT2D eigenvalue weighted by molar-refractivity contribution is 5.83. The number of carbonyl (C=O) groups is 2. The van der Waals surface area contributed by atoms with Crippen LogP contribution in [0.25, 0.3) is 0 Å². The van der Waals surface area contributed by atoms with Crippen LogP contribution in [0.2, 0.25) is 0 Å². The van der Waals surface area contributed by atoms with E-state index in [1.807, 2.05) is 4.90 Å². The van der Waals surface area contributed by atoms with E-state index < -0.39 is 12.0 Å². The number of nitrogens with zero attached hydrogens (tertiary/aromatic N) is 2. The number of hydrogen-bond donors (Lipinski definition) is 1. The molecule has 0 saturated carbocycles. The van der Waals surface area contributed by atoms with Gasteiger partial charge >= 0.3 is 12.0 Å². The standard InChI is InChI=1S/C12H20N2O3/c1-2-9-5-3-7-13(9)12(17)14-8-4-6-10(14)11(15)16/h9-10H,2-8H2,1H3,(H,15,16)/t9?,10-/m0/s1. The number of amides is 2. The first kappa shape index (κ1) is 12.2. The highest BCUT2D eigenvalue weighted by Crippen LogP contribution is 2.25. The topological polar surface area (TPSA) is 60.9 Å². The van der Waals surface area contributed by atoms with Crippen LogP contribution in [-0.2, 0) is 4.79 Å². The number of rotatable bonds is 2. The highest BCUT2D eigenvalue weighted by atomic mass is 16.4. The highest BCUT2D eigenvalue weighted by Gasteiger charge is 2.38. The number of carbonyl (C=O) groups excluding carboxylic acids is 1. The second-order valence-electron chi connectivity index (χ2n) is 4.87. The van der Waals surface area contributed by atoms with Crippen molar-refractivity contribution >= 4 is 12.0 Å². The minimum atomic E-state index is -0.872. The second-order valence-corrected chi connectivity index (χ2v) is 4.87. The molecular formula is C12H20N2O3. The van der Waals surface area contributed by atoms with Crippen LogP contribution in [-0.4, -0.2) is 52.1 Å². The summed E-state index contributed by atoms with van der Waals surface area (Å²) < 4.78 is 0. The summed E-state index contributed by atoms with van der Waals surface area (Å²) in [5.74, 6) is -0.872. The van der Waals surface area contributed by atoms with Gasteiger partial charge in [0, 0.05) is 19.1 Å². The van der Waals surface area contributed by atoms with Gasteiger partial charge in [-0.1, -0.05) is 6.92 Å². The molecule has 0 aliphatic carbocycles. The lowest BCUT2D eigenvalue weighted by atomic mass is 10.2. The molecule has 0 spiro atoms. The Morgan fingerprint density at radius 1 is 1.18 bits per heavy atom. The van der Waals surface area contributed by atoms with Crippen LogP contribution < -0.4 is 0 Å². The fraction of sp³-hybridized carbons (Fsp3) is 0.833. The molecule has 2 rings (SSSR count). The predicted octanol–water partition coefficient (Wildman–Crippen LogP) is 1.53. The van der Waals surface area contributed by atoms with Gasteiger partial charge < -0.3 is 14.9 Å². The van der Waals surface area contributed by atoms with Crippen molar-refractivity contribution in [2.24, 2.45) is 0 Å². The van der Waals surface area contributed by atoms with Crippen molar-refractivity contribution in [2.75, 3.05) is 13.1 Å². The Labute approximate surface area is 101 Å². The third kappa shape index (κ3) is 2.23. The summed E-state index contributed by atoms with van der Waals surface area (Å²) in [6.45, 7) is 3.44. The molecule has 0 bridgehead atoms. The Kier molecular flexibility index (Phi) is 3.54. The van der Waals surface area contributed by atoms with Crippen molar-refractivity contribution in [3.63, 3.8) is 0 Å². The van der Waals surface area contributed by atoms with Gasteiger partial charge in [-0.15, -0.1) is 0 Å². The van der Waals surface area contributed by atoms with Crippen molar-refractivity contribution < 1.29 is 14.7 Å². The maximum atomic E-state index is 12.3. The summed E-state index contributed by atoms with van der Waals surface area (Å²) in [5.41, 5.74) is 0. The zero-order chi connectivity index (χ0) is 12.4. The number of hydrogen-bond acceptors (Lipinski definition) is 2. The monoisotopic (exact) mass is 240 g/mol. The van der Waals surface area contributed by atoms with E-state index in [4.69, 9.17) is 5.11 Å². The third-order valence-electron chi connectivity index (χ3n) is 3.88. The minimum Gasteiger partial charge on any atom is -0.480 e. The van der Waals surface area contributed by atoms with E-state index in [9.17, 15) is 9.59 Å². The molecule has 2 fully saturated rings. The smallest absolute Gasteiger partial charge is 0.326 e. The third-order valence-corrected chi connectivity index (χ3v) is 3.88. The average molecular weight is 240 g/mol. The largest absolute Gasteiger partial charge is 0.480 e. The molecule has 0 radical (unpaired) electrons. The van der Waals surface area contributed by atoms with E-state index >= 15 is 0 Å². The summed E-state index contributed by atoms with van der Waals surface area (Å²) in [6.07, 6.45) is 4.43. The lowest BCUT2D eigenvalue weighted by Gasteiger charge is -2.31. The molecule has 17 heavy (non-hydrogen) atoms. The maximum Gasteiger partial charge on any atom is 0.326 e. The summed E-state index contributed by atoms with van der Waals surface area (Å²) in [7, 11) is 0. The quantitative estimate of drug-likeness (QED) is 0.796. The van der Waals surface area contributed by atoms with Crippen LogP contribution in [0.4, 0.5) is 4.79 Å². The molecule has 0 aromatic rings. The zero-order valence-corrected chi connectivity index (χ0v) is 10.3. The van der Waals surface area contributed by atoms with Crippen LogP contribution in [0.3, 0.4) is 0 Å². The van der Waals surface area contributed by atoms with Gasteiger partial charge in [0.2, 0.25) is 0 Å². The van der Waals surface area contributed by atoms with Gasteiger partial charge in [-0.25, -0.2) is 9.59 Å². The first-order valence-electron chi connectivity index (χ1n) is 6.45. The van der Waals surface area contributed by atoms with E-state index in [2.05, 4.69) is 6.92 Å². The molecule has 1 N–H and O–H groups in total. The molecule has 0 aromatic heterocycles. The van der Waals surface area contributed by atoms with Gasteiger partial charge in [0.1, 0.15) is 6.04 Å². The summed E-state index contributed by atoms with van der Waals surface area (Å²) in [6, 6.07) is -0.377. The molecule has 5 nitrogen and oxygen atoms in total. The molecule has 0 aromatic carbocycles. The van der Waals surface area contributed by atoms with Crippen LogP contribution in [0.15, 0.2) is 0 Å². The molecule has 2 heterocycles. The SMILES string of the molecule is CCC1CCCN1C(=O)N1CCC[C@H]1C(=O)O. The average Bonchev–Trinajstić information content (AvgIpc) is 2.96. The van der Waals surface area contributed by atoms with Crippen LogP contribution in [0.1, 0.15) is 39.0 Å². The number of carboxylic acids is 1. The lowest BCUT2D eigenvalue weighted by molar-refractivity contribution is -0.141. The molecule has 2 saturated heterocycles. The van der Waals surface area contributed by atoms with E-state index in [1.54, 1.807) is 0 Å². The maximum absolute atomic E-state index is 12.3. The molecule has 5 heteroatoms. The van der Waals surface area contributed by atoms with Crippen molar-refractivity contribution in [1.29, 1.82) is 0 Å². The fourth-order valence-corrected chi connectivity index (χ4v) is 2.93. The number of carboxylic acid groups (broad SMARTS) is 1. The lowest BCUT2D eigenvalue weighted by Crippen LogP contribution is -2.49. The second kappa shape index (κ2) is 4.94. The fourth-order valence-electron chi connectivity index (χ4n) is 2.93. The molecule has 1 unspecified atom stereocenters. The van der Waals surface area contributed by atoms with Gasteiger partial charge in [-0.3, -0.25) is 0 Å². The predicted molar refractivity (Wildman–Crippen MR) is 62.8 cm³/mol. The molecule has 2 aliphatic heterocycles. The zero-order valence-electron chi connectivity index (χ0n) is 10.3. The first-order chi connectivity index (χ1) is 8.15. The normalized spacial score (nSPS) is 28.8. The molecular weight excluding hydrogens is 220 g/mol. The number of urea groups is 1. The number of likely N-dealkylation sites (tertiary alicyclic amines) is 2. The van der Waals surface area contributed by atoms with Crippen LogP contribution >= 0.6 is 0 Å². The summed E-state index contributed by atoms with van der Waals surface area (Å²) in [5, 5.41) is 9.09. The van der Waals surface area contributed by atoms with E-state index in [0.717, 1.165) is 32.2 Å². The van der Waals surface area contributed by atoms with Gasteiger partial charge in [-0.2, -0.15) is 0 Å². The number of aliphatic carboxylic acids is 1.